The Morgan fingerprint density at radius 3 is 2.58 bits per heavy atom. The number of fused-ring (bicyclic) bond motifs is 1. The topological polar surface area (TPSA) is 104 Å². The van der Waals surface area contributed by atoms with E-state index in [0.29, 0.717) is 31.5 Å². The third-order valence-electron chi connectivity index (χ3n) is 5.08. The van der Waals surface area contributed by atoms with Crippen LogP contribution < -0.4 is 9.62 Å². The van der Waals surface area contributed by atoms with Crippen LogP contribution in [0.4, 0.5) is 5.69 Å². The Kier molecular flexibility index (Phi) is 4.13. The van der Waals surface area contributed by atoms with Crippen LogP contribution in [0.1, 0.15) is 31.2 Å². The zero-order chi connectivity index (χ0) is 17.5. The molecule has 1 aliphatic heterocycles. The first-order chi connectivity index (χ1) is 11.3. The van der Waals surface area contributed by atoms with Crippen molar-refractivity contribution in [2.45, 2.75) is 37.0 Å². The maximum atomic E-state index is 12.6. The van der Waals surface area contributed by atoms with Crippen LogP contribution in [0.3, 0.4) is 0 Å². The summed E-state index contributed by atoms with van der Waals surface area (Å²) in [6.45, 7) is 0.451. The Balaban J connectivity index is 1.82. The van der Waals surface area contributed by atoms with Gasteiger partial charge in [0.25, 0.3) is 0 Å². The van der Waals surface area contributed by atoms with Crippen LogP contribution in [0.2, 0.25) is 0 Å². The molecule has 1 aliphatic carbocycles. The number of hydrogen-bond acceptors (Lipinski definition) is 4. The summed E-state index contributed by atoms with van der Waals surface area (Å²) in [7, 11) is -2.17. The molecule has 0 unspecified atom stereocenters. The second kappa shape index (κ2) is 5.86. The van der Waals surface area contributed by atoms with Gasteiger partial charge in [-0.25, -0.2) is 13.1 Å². The highest BCUT2D eigenvalue weighted by Crippen LogP contribution is 2.45. The van der Waals surface area contributed by atoms with Crippen LogP contribution in [0, 0.1) is 5.41 Å². The van der Waals surface area contributed by atoms with E-state index in [4.69, 9.17) is 0 Å². The number of hydrogen-bond donors (Lipinski definition) is 2. The summed E-state index contributed by atoms with van der Waals surface area (Å²) in [6.07, 6.45) is 2.47. The molecule has 3 rings (SSSR count). The van der Waals surface area contributed by atoms with E-state index >= 15 is 0 Å². The van der Waals surface area contributed by atoms with E-state index in [9.17, 15) is 23.1 Å². The Bertz CT molecular complexity index is 799. The quantitative estimate of drug-likeness (QED) is 0.827. The van der Waals surface area contributed by atoms with E-state index in [1.807, 2.05) is 0 Å². The van der Waals surface area contributed by atoms with Crippen molar-refractivity contribution in [2.24, 2.45) is 5.41 Å². The highest BCUT2D eigenvalue weighted by molar-refractivity contribution is 7.89. The zero-order valence-electron chi connectivity index (χ0n) is 13.4. The molecule has 0 atom stereocenters. The molecule has 1 fully saturated rings. The van der Waals surface area contributed by atoms with E-state index in [0.717, 1.165) is 12.0 Å². The minimum absolute atomic E-state index is 0.00165. The molecule has 0 spiro atoms. The van der Waals surface area contributed by atoms with Gasteiger partial charge in [0.05, 0.1) is 10.3 Å². The largest absolute Gasteiger partial charge is 0.481 e. The maximum absolute atomic E-state index is 12.6. The summed E-state index contributed by atoms with van der Waals surface area (Å²) in [5.41, 5.74) is 0.544. The summed E-state index contributed by atoms with van der Waals surface area (Å²) in [4.78, 5) is 25.8. The number of carboxylic acid groups (broad SMARTS) is 1. The predicted octanol–water partition coefficient (Wildman–Crippen LogP) is 1.13. The second-order valence-corrected chi connectivity index (χ2v) is 8.30. The van der Waals surface area contributed by atoms with Crippen molar-refractivity contribution in [3.05, 3.63) is 23.8 Å². The lowest BCUT2D eigenvalue weighted by Gasteiger charge is -2.38. The average Bonchev–Trinajstić information content (AvgIpc) is 2.93. The molecule has 0 saturated heterocycles. The lowest BCUT2D eigenvalue weighted by atomic mass is 9.66. The predicted molar refractivity (Wildman–Crippen MR) is 87.3 cm³/mol. The van der Waals surface area contributed by atoms with Crippen molar-refractivity contribution >= 4 is 27.6 Å². The van der Waals surface area contributed by atoms with Gasteiger partial charge in [-0.05, 0) is 50.1 Å². The number of carboxylic acids is 1. The first-order valence-corrected chi connectivity index (χ1v) is 9.38. The molecule has 0 radical (unpaired) electrons. The number of aliphatic carboxylic acids is 1. The summed E-state index contributed by atoms with van der Waals surface area (Å²) in [5.74, 6) is -1.11. The highest BCUT2D eigenvalue weighted by Gasteiger charge is 2.47. The van der Waals surface area contributed by atoms with Crippen molar-refractivity contribution in [1.29, 1.82) is 0 Å². The second-order valence-electron chi connectivity index (χ2n) is 6.41. The number of benzene rings is 1. The number of nitrogens with zero attached hydrogens (tertiary/aromatic N) is 1. The number of sulfonamides is 1. The number of carbonyl (C=O) groups excluding carboxylic acids is 1. The molecule has 7 nitrogen and oxygen atoms in total. The lowest BCUT2D eigenvalue weighted by molar-refractivity contribution is -0.157. The van der Waals surface area contributed by atoms with Gasteiger partial charge in [0.1, 0.15) is 0 Å². The van der Waals surface area contributed by atoms with E-state index in [2.05, 4.69) is 4.72 Å². The molecule has 1 heterocycles. The third kappa shape index (κ3) is 2.69. The van der Waals surface area contributed by atoms with Crippen molar-refractivity contribution < 1.29 is 23.1 Å². The average molecular weight is 352 g/mol. The fourth-order valence-electron chi connectivity index (χ4n) is 3.38. The summed E-state index contributed by atoms with van der Waals surface area (Å²) in [6, 6.07) is 4.66. The van der Waals surface area contributed by atoms with Crippen molar-refractivity contribution in [3.8, 4) is 0 Å². The summed E-state index contributed by atoms with van der Waals surface area (Å²) in [5, 5.41) is 9.38. The number of anilines is 1. The molecule has 2 N–H and O–H groups in total. The maximum Gasteiger partial charge on any atom is 0.310 e. The van der Waals surface area contributed by atoms with E-state index in [-0.39, 0.29) is 17.2 Å². The van der Waals surface area contributed by atoms with Crippen LogP contribution >= 0.6 is 0 Å². The number of carbonyl (C=O) groups is 2. The first kappa shape index (κ1) is 16.9. The SMILES string of the molecule is CNS(=O)(=O)c1ccc2c(c1)CCN2C(=O)CC1(C(=O)O)CCC1. The van der Waals surface area contributed by atoms with Crippen LogP contribution in [-0.4, -0.2) is 39.0 Å². The fourth-order valence-corrected chi connectivity index (χ4v) is 4.16. The van der Waals surface area contributed by atoms with Crippen LogP contribution in [0.15, 0.2) is 23.1 Å². The molecular formula is C16H20N2O5S. The number of amides is 1. The van der Waals surface area contributed by atoms with Gasteiger partial charge in [-0.3, -0.25) is 9.59 Å². The molecule has 2 aliphatic rings. The van der Waals surface area contributed by atoms with Crippen LogP contribution in [-0.2, 0) is 26.0 Å². The van der Waals surface area contributed by atoms with Gasteiger partial charge >= 0.3 is 5.97 Å². The van der Waals surface area contributed by atoms with Gasteiger partial charge in [0, 0.05) is 18.7 Å². The Labute approximate surface area is 140 Å². The standard InChI is InChI=1S/C16H20N2O5S/c1-17-24(22,23)12-3-4-13-11(9-12)5-8-18(13)14(19)10-16(15(20)21)6-2-7-16/h3-4,9,17H,2,5-8,10H2,1H3,(H,20,21). The Morgan fingerprint density at radius 2 is 2.04 bits per heavy atom. The van der Waals surface area contributed by atoms with Gasteiger partial charge in [-0.1, -0.05) is 6.42 Å². The fraction of sp³-hybridized carbons (Fsp3) is 0.500. The molecule has 1 aromatic rings. The monoisotopic (exact) mass is 352 g/mol. The van der Waals surface area contributed by atoms with Gasteiger partial charge in [-0.2, -0.15) is 0 Å². The zero-order valence-corrected chi connectivity index (χ0v) is 14.2. The van der Waals surface area contributed by atoms with Crippen molar-refractivity contribution in [1.82, 2.24) is 4.72 Å². The molecule has 1 saturated carbocycles. The van der Waals surface area contributed by atoms with Gasteiger partial charge in [-0.15, -0.1) is 0 Å². The summed E-state index contributed by atoms with van der Waals surface area (Å²) >= 11 is 0. The Morgan fingerprint density at radius 1 is 1.33 bits per heavy atom. The molecule has 0 aromatic heterocycles. The van der Waals surface area contributed by atoms with Gasteiger partial charge in [0.2, 0.25) is 15.9 Å². The Hall–Kier alpha value is -1.93. The molecule has 1 amide bonds. The third-order valence-corrected chi connectivity index (χ3v) is 6.49. The minimum atomic E-state index is -3.52. The molecule has 1 aromatic carbocycles. The molecule has 8 heteroatoms. The van der Waals surface area contributed by atoms with Crippen LogP contribution in [0.5, 0.6) is 0 Å². The number of rotatable bonds is 5. The van der Waals surface area contributed by atoms with E-state index in [1.165, 1.54) is 13.1 Å². The highest BCUT2D eigenvalue weighted by atomic mass is 32.2. The van der Waals surface area contributed by atoms with E-state index in [1.54, 1.807) is 17.0 Å². The van der Waals surface area contributed by atoms with E-state index < -0.39 is 21.4 Å². The first-order valence-electron chi connectivity index (χ1n) is 7.89. The van der Waals surface area contributed by atoms with Crippen molar-refractivity contribution in [3.63, 3.8) is 0 Å². The lowest BCUT2D eigenvalue weighted by Crippen LogP contribution is -2.43. The van der Waals surface area contributed by atoms with Gasteiger partial charge < -0.3 is 10.0 Å². The minimum Gasteiger partial charge on any atom is -0.481 e. The smallest absolute Gasteiger partial charge is 0.310 e. The molecule has 130 valence electrons. The molecule has 0 bridgehead atoms. The molecular weight excluding hydrogens is 332 g/mol. The summed E-state index contributed by atoms with van der Waals surface area (Å²) < 4.78 is 26.0. The number of nitrogens with one attached hydrogen (secondary N) is 1. The van der Waals surface area contributed by atoms with Crippen molar-refractivity contribution in [2.75, 3.05) is 18.5 Å². The molecule has 24 heavy (non-hydrogen) atoms. The van der Waals surface area contributed by atoms with Crippen LogP contribution in [0.25, 0.3) is 0 Å². The normalized spacial score (nSPS) is 18.8. The van der Waals surface area contributed by atoms with Gasteiger partial charge in [0.15, 0.2) is 0 Å².